The summed E-state index contributed by atoms with van der Waals surface area (Å²) in [4.78, 5) is 0. The Morgan fingerprint density at radius 3 is 2.17 bits per heavy atom. The van der Waals surface area contributed by atoms with Crippen molar-refractivity contribution in [3.63, 3.8) is 0 Å². The van der Waals surface area contributed by atoms with Crippen molar-refractivity contribution in [3.05, 3.63) is 9.59 Å². The number of hydrogen-bond donors (Lipinski definition) is 2. The van der Waals surface area contributed by atoms with Gasteiger partial charge < -0.3 is 0 Å². The lowest BCUT2D eigenvalue weighted by Gasteiger charge is -1.80. The Balaban J connectivity index is 3.14. The number of hydroxylamine groups is 1. The Labute approximate surface area is 52.4 Å². The summed E-state index contributed by atoms with van der Waals surface area (Å²) in [6, 6.07) is 0. The van der Waals surface area contributed by atoms with E-state index >= 15 is 0 Å². The summed E-state index contributed by atoms with van der Waals surface area (Å²) < 4.78 is 0.678. The molecule has 0 atom stereocenters. The maximum Gasteiger partial charge on any atom is 0.0784 e. The summed E-state index contributed by atoms with van der Waals surface area (Å²) in [5.74, 6) is 0. The molecular weight excluding hydrogens is 214 g/mol. The molecule has 0 saturated heterocycles. The maximum atomic E-state index is 7.85. The lowest BCUT2D eigenvalue weighted by molar-refractivity contribution is 0.214. The SMILES string of the molecule is ONC=C(Br)Br. The van der Waals surface area contributed by atoms with Crippen LogP contribution in [0.2, 0.25) is 0 Å². The summed E-state index contributed by atoms with van der Waals surface area (Å²) in [5.41, 5.74) is 1.81. The molecule has 0 aliphatic carbocycles. The van der Waals surface area contributed by atoms with E-state index in [1.165, 1.54) is 6.20 Å². The zero-order valence-corrected chi connectivity index (χ0v) is 5.95. The monoisotopic (exact) mass is 215 g/mol. The van der Waals surface area contributed by atoms with Crippen LogP contribution in [-0.2, 0) is 0 Å². The summed E-state index contributed by atoms with van der Waals surface area (Å²) in [5, 5.41) is 7.85. The summed E-state index contributed by atoms with van der Waals surface area (Å²) >= 11 is 5.98. The van der Waals surface area contributed by atoms with Gasteiger partial charge in [-0.25, -0.2) is 0 Å². The van der Waals surface area contributed by atoms with E-state index in [1.54, 1.807) is 0 Å². The average molecular weight is 217 g/mol. The fourth-order valence-electron chi connectivity index (χ4n) is 0.0488. The Kier molecular flexibility index (Phi) is 3.92. The van der Waals surface area contributed by atoms with E-state index in [1.807, 2.05) is 5.48 Å². The quantitative estimate of drug-likeness (QED) is 0.653. The van der Waals surface area contributed by atoms with E-state index in [2.05, 4.69) is 31.9 Å². The van der Waals surface area contributed by atoms with Crippen molar-refractivity contribution in [2.24, 2.45) is 0 Å². The third-order valence-electron chi connectivity index (χ3n) is 0.174. The van der Waals surface area contributed by atoms with E-state index in [0.717, 1.165) is 0 Å². The lowest BCUT2D eigenvalue weighted by Crippen LogP contribution is -1.91. The van der Waals surface area contributed by atoms with Crippen LogP contribution in [0, 0.1) is 0 Å². The predicted octanol–water partition coefficient (Wildman–Crippen LogP) is 1.55. The molecule has 0 saturated carbocycles. The van der Waals surface area contributed by atoms with Crippen LogP contribution in [0.1, 0.15) is 0 Å². The van der Waals surface area contributed by atoms with Crippen LogP contribution in [0.5, 0.6) is 0 Å². The molecule has 0 aromatic carbocycles. The van der Waals surface area contributed by atoms with Gasteiger partial charge >= 0.3 is 0 Å². The molecule has 36 valence electrons. The van der Waals surface area contributed by atoms with E-state index in [4.69, 9.17) is 5.21 Å². The smallest absolute Gasteiger partial charge is 0.0784 e. The van der Waals surface area contributed by atoms with Crippen LogP contribution < -0.4 is 5.48 Å². The Bertz CT molecular complexity index is 58.6. The zero-order valence-electron chi connectivity index (χ0n) is 2.78. The predicted molar refractivity (Wildman–Crippen MR) is 30.9 cm³/mol. The second-order valence-electron chi connectivity index (χ2n) is 0.563. The largest absolute Gasteiger partial charge is 0.292 e. The topological polar surface area (TPSA) is 32.3 Å². The molecule has 0 aliphatic rings. The third-order valence-corrected chi connectivity index (χ3v) is 0.631. The second-order valence-corrected chi connectivity index (χ2v) is 3.34. The molecule has 0 spiro atoms. The molecule has 0 aliphatic heterocycles. The van der Waals surface area contributed by atoms with Gasteiger partial charge in [0, 0.05) is 6.20 Å². The summed E-state index contributed by atoms with van der Waals surface area (Å²) in [6.45, 7) is 0. The van der Waals surface area contributed by atoms with Crippen molar-refractivity contribution in [3.8, 4) is 0 Å². The molecule has 0 unspecified atom stereocenters. The van der Waals surface area contributed by atoms with Crippen molar-refractivity contribution in [2.45, 2.75) is 0 Å². The first-order valence-corrected chi connectivity index (χ1v) is 2.76. The number of halogens is 2. The number of rotatable bonds is 1. The standard InChI is InChI=1S/C2H3Br2NO/c3-2(4)1-5-6/h1,5-6H. The van der Waals surface area contributed by atoms with Gasteiger partial charge in [0.15, 0.2) is 0 Å². The van der Waals surface area contributed by atoms with Crippen molar-refractivity contribution < 1.29 is 5.21 Å². The normalized spacial score (nSPS) is 7.17. The molecule has 0 amide bonds. The molecule has 0 aromatic heterocycles. The van der Waals surface area contributed by atoms with E-state index < -0.39 is 0 Å². The van der Waals surface area contributed by atoms with E-state index in [-0.39, 0.29) is 0 Å². The lowest BCUT2D eigenvalue weighted by atomic mass is 11.1. The minimum absolute atomic E-state index is 0.678. The van der Waals surface area contributed by atoms with Crippen LogP contribution in [0.3, 0.4) is 0 Å². The molecule has 0 radical (unpaired) electrons. The first-order valence-electron chi connectivity index (χ1n) is 1.18. The highest BCUT2D eigenvalue weighted by molar-refractivity contribution is 9.28. The van der Waals surface area contributed by atoms with Crippen molar-refractivity contribution in [1.82, 2.24) is 5.48 Å². The van der Waals surface area contributed by atoms with Gasteiger partial charge in [-0.3, -0.25) is 10.7 Å². The highest BCUT2D eigenvalue weighted by Gasteiger charge is 1.72. The van der Waals surface area contributed by atoms with Gasteiger partial charge in [-0.05, 0) is 31.9 Å². The van der Waals surface area contributed by atoms with Crippen LogP contribution in [0.4, 0.5) is 0 Å². The van der Waals surface area contributed by atoms with Crippen LogP contribution in [-0.4, -0.2) is 5.21 Å². The first kappa shape index (κ1) is 6.46. The first-order chi connectivity index (χ1) is 2.77. The molecular formula is C2H3Br2NO. The van der Waals surface area contributed by atoms with Crippen molar-refractivity contribution >= 4 is 31.9 Å². The average Bonchev–Trinajstić information content (AvgIpc) is 1.35. The minimum atomic E-state index is 0.678. The van der Waals surface area contributed by atoms with Gasteiger partial charge in [0.25, 0.3) is 0 Å². The molecule has 0 bridgehead atoms. The van der Waals surface area contributed by atoms with Crippen LogP contribution in [0.15, 0.2) is 9.59 Å². The van der Waals surface area contributed by atoms with Gasteiger partial charge in [0.1, 0.15) is 0 Å². The molecule has 0 rings (SSSR count). The molecule has 4 heteroatoms. The minimum Gasteiger partial charge on any atom is -0.292 e. The van der Waals surface area contributed by atoms with Crippen LogP contribution in [0.25, 0.3) is 0 Å². The Morgan fingerprint density at radius 2 is 2.17 bits per heavy atom. The number of hydrogen-bond acceptors (Lipinski definition) is 2. The molecule has 0 heterocycles. The number of nitrogens with one attached hydrogen (secondary N) is 1. The molecule has 6 heavy (non-hydrogen) atoms. The molecule has 0 aromatic rings. The molecule has 2 N–H and O–H groups in total. The van der Waals surface area contributed by atoms with Gasteiger partial charge in [0.2, 0.25) is 0 Å². The van der Waals surface area contributed by atoms with Gasteiger partial charge in [-0.15, -0.1) is 0 Å². The van der Waals surface area contributed by atoms with Crippen molar-refractivity contribution in [1.29, 1.82) is 0 Å². The Hall–Kier alpha value is 0.460. The fraction of sp³-hybridized carbons (Fsp3) is 0. The summed E-state index contributed by atoms with van der Waals surface area (Å²) in [6.07, 6.45) is 1.35. The fourth-order valence-corrected chi connectivity index (χ4v) is 0.254. The second kappa shape index (κ2) is 3.64. The summed E-state index contributed by atoms with van der Waals surface area (Å²) in [7, 11) is 0. The Morgan fingerprint density at radius 1 is 1.67 bits per heavy atom. The zero-order chi connectivity index (χ0) is 4.99. The van der Waals surface area contributed by atoms with Crippen molar-refractivity contribution in [2.75, 3.05) is 0 Å². The van der Waals surface area contributed by atoms with Gasteiger partial charge in [-0.2, -0.15) is 0 Å². The van der Waals surface area contributed by atoms with Gasteiger partial charge in [0.05, 0.1) is 3.39 Å². The van der Waals surface area contributed by atoms with Crippen LogP contribution >= 0.6 is 31.9 Å². The maximum absolute atomic E-state index is 7.85. The van der Waals surface area contributed by atoms with E-state index in [0.29, 0.717) is 3.39 Å². The third kappa shape index (κ3) is 4.46. The van der Waals surface area contributed by atoms with E-state index in [9.17, 15) is 0 Å². The highest BCUT2D eigenvalue weighted by Crippen LogP contribution is 2.09. The highest BCUT2D eigenvalue weighted by atomic mass is 79.9. The van der Waals surface area contributed by atoms with Gasteiger partial charge in [-0.1, -0.05) is 0 Å². The molecule has 2 nitrogen and oxygen atoms in total. The molecule has 0 fully saturated rings.